The summed E-state index contributed by atoms with van der Waals surface area (Å²) >= 11 is 9.55. The van der Waals surface area contributed by atoms with E-state index in [2.05, 4.69) is 26.2 Å². The van der Waals surface area contributed by atoms with Crippen LogP contribution in [0.1, 0.15) is 36.0 Å². The first kappa shape index (κ1) is 16.7. The molecule has 0 unspecified atom stereocenters. The van der Waals surface area contributed by atoms with Crippen LogP contribution in [-0.2, 0) is 4.74 Å². The molecule has 3 rings (SSSR count). The van der Waals surface area contributed by atoms with Gasteiger partial charge in [0.25, 0.3) is 5.91 Å². The molecule has 1 amide bonds. The Morgan fingerprint density at radius 1 is 1.35 bits per heavy atom. The number of methoxy groups -OCH3 is 1. The minimum atomic E-state index is -0.0988. The molecule has 23 heavy (non-hydrogen) atoms. The molecule has 0 aliphatic heterocycles. The number of amides is 1. The molecule has 122 valence electrons. The van der Waals surface area contributed by atoms with E-state index >= 15 is 0 Å². The maximum Gasteiger partial charge on any atom is 0.252 e. The van der Waals surface area contributed by atoms with Crippen molar-refractivity contribution in [2.24, 2.45) is 0 Å². The second-order valence-electron chi connectivity index (χ2n) is 5.81. The smallest absolute Gasteiger partial charge is 0.252 e. The number of para-hydroxylation sites is 1. The number of aromatic nitrogens is 1. The van der Waals surface area contributed by atoms with E-state index in [4.69, 9.17) is 16.3 Å². The number of fused-ring (bicyclic) bond motifs is 1. The number of rotatable bonds is 3. The molecular weight excluding hydrogens is 380 g/mol. The molecule has 1 aliphatic rings. The number of carbonyl (C=O) groups is 1. The van der Waals surface area contributed by atoms with Crippen molar-refractivity contribution in [3.05, 3.63) is 39.5 Å². The third-order valence-corrected chi connectivity index (χ3v) is 5.18. The zero-order valence-electron chi connectivity index (χ0n) is 12.8. The predicted molar refractivity (Wildman–Crippen MR) is 95.0 cm³/mol. The van der Waals surface area contributed by atoms with Gasteiger partial charge in [-0.3, -0.25) is 4.79 Å². The van der Waals surface area contributed by atoms with Crippen molar-refractivity contribution < 1.29 is 9.53 Å². The number of nitrogens with one attached hydrogen (secondary N) is 1. The van der Waals surface area contributed by atoms with Crippen LogP contribution in [0, 0.1) is 0 Å². The molecule has 1 aliphatic carbocycles. The van der Waals surface area contributed by atoms with Gasteiger partial charge in [0.1, 0.15) is 5.15 Å². The third kappa shape index (κ3) is 3.67. The summed E-state index contributed by atoms with van der Waals surface area (Å²) in [6.45, 7) is 0. The Bertz CT molecular complexity index is 730. The third-order valence-electron chi connectivity index (χ3n) is 4.35. The van der Waals surface area contributed by atoms with Crippen LogP contribution in [0.4, 0.5) is 0 Å². The topological polar surface area (TPSA) is 51.2 Å². The Morgan fingerprint density at radius 3 is 2.78 bits per heavy atom. The molecule has 1 aromatic heterocycles. The van der Waals surface area contributed by atoms with E-state index in [0.717, 1.165) is 35.5 Å². The lowest BCUT2D eigenvalue weighted by molar-refractivity contribution is 0.0599. The molecule has 0 saturated heterocycles. The van der Waals surface area contributed by atoms with Crippen LogP contribution in [0.3, 0.4) is 0 Å². The Morgan fingerprint density at radius 2 is 2.09 bits per heavy atom. The van der Waals surface area contributed by atoms with Crippen LogP contribution in [0.15, 0.2) is 28.7 Å². The highest BCUT2D eigenvalue weighted by atomic mass is 79.9. The number of carbonyl (C=O) groups excluding carboxylic acids is 1. The van der Waals surface area contributed by atoms with Gasteiger partial charge in [-0.15, -0.1) is 0 Å². The van der Waals surface area contributed by atoms with E-state index in [9.17, 15) is 4.79 Å². The predicted octanol–water partition coefficient (Wildman–Crippen LogP) is 4.34. The Balaban J connectivity index is 1.83. The highest BCUT2D eigenvalue weighted by Crippen LogP contribution is 2.28. The molecule has 6 heteroatoms. The van der Waals surface area contributed by atoms with Gasteiger partial charge < -0.3 is 10.1 Å². The van der Waals surface area contributed by atoms with E-state index in [1.165, 1.54) is 0 Å². The number of halogens is 2. The van der Waals surface area contributed by atoms with Gasteiger partial charge in [0, 0.05) is 23.0 Å². The number of hydrogen-bond donors (Lipinski definition) is 1. The number of ether oxygens (including phenoxy) is 1. The Kier molecular flexibility index (Phi) is 5.19. The van der Waals surface area contributed by atoms with Crippen molar-refractivity contribution in [2.75, 3.05) is 7.11 Å². The fraction of sp³-hybridized carbons (Fsp3) is 0.412. The first-order chi connectivity index (χ1) is 11.1. The fourth-order valence-corrected chi connectivity index (χ4v) is 3.72. The van der Waals surface area contributed by atoms with Crippen molar-refractivity contribution in [3.8, 4) is 0 Å². The monoisotopic (exact) mass is 396 g/mol. The minimum absolute atomic E-state index is 0.0988. The first-order valence-corrected chi connectivity index (χ1v) is 8.84. The summed E-state index contributed by atoms with van der Waals surface area (Å²) in [6, 6.07) is 7.48. The summed E-state index contributed by atoms with van der Waals surface area (Å²) in [5.74, 6) is -0.0988. The van der Waals surface area contributed by atoms with E-state index in [1.807, 2.05) is 18.2 Å². The van der Waals surface area contributed by atoms with Crippen LogP contribution in [-0.4, -0.2) is 30.1 Å². The van der Waals surface area contributed by atoms with Crippen molar-refractivity contribution in [3.63, 3.8) is 0 Å². The SMILES string of the molecule is COC1CCC(NC(=O)c2cc(Cl)nc3c(Br)cccc23)CC1. The summed E-state index contributed by atoms with van der Waals surface area (Å²) in [7, 11) is 1.74. The highest BCUT2D eigenvalue weighted by molar-refractivity contribution is 9.10. The molecule has 1 saturated carbocycles. The molecule has 2 aromatic rings. The van der Waals surface area contributed by atoms with E-state index in [0.29, 0.717) is 22.3 Å². The average molecular weight is 398 g/mol. The largest absolute Gasteiger partial charge is 0.381 e. The molecule has 0 spiro atoms. The average Bonchev–Trinajstić information content (AvgIpc) is 2.56. The van der Waals surface area contributed by atoms with Gasteiger partial charge in [-0.1, -0.05) is 23.7 Å². The molecular formula is C17H18BrClN2O2. The minimum Gasteiger partial charge on any atom is -0.381 e. The first-order valence-electron chi connectivity index (χ1n) is 7.67. The van der Waals surface area contributed by atoms with Gasteiger partial charge >= 0.3 is 0 Å². The normalized spacial score (nSPS) is 21.3. The fourth-order valence-electron chi connectivity index (χ4n) is 3.08. The molecule has 1 fully saturated rings. The van der Waals surface area contributed by atoms with Crippen LogP contribution >= 0.6 is 27.5 Å². The quantitative estimate of drug-likeness (QED) is 0.784. The number of hydrogen-bond acceptors (Lipinski definition) is 3. The highest BCUT2D eigenvalue weighted by Gasteiger charge is 2.23. The second-order valence-corrected chi connectivity index (χ2v) is 7.05. The molecule has 0 radical (unpaired) electrons. The van der Waals surface area contributed by atoms with E-state index < -0.39 is 0 Å². The summed E-state index contributed by atoms with van der Waals surface area (Å²) < 4.78 is 6.20. The number of benzene rings is 1. The number of nitrogens with zero attached hydrogens (tertiary/aromatic N) is 1. The Labute approximate surface area is 148 Å². The van der Waals surface area contributed by atoms with Gasteiger partial charge in [0.15, 0.2) is 0 Å². The van der Waals surface area contributed by atoms with Crippen LogP contribution in [0.2, 0.25) is 5.15 Å². The van der Waals surface area contributed by atoms with Gasteiger partial charge in [-0.2, -0.15) is 0 Å². The number of pyridine rings is 1. The lowest BCUT2D eigenvalue weighted by Crippen LogP contribution is -2.39. The Hall–Kier alpha value is -1.17. The van der Waals surface area contributed by atoms with E-state index in [-0.39, 0.29) is 11.9 Å². The maximum atomic E-state index is 12.7. The molecule has 1 N–H and O–H groups in total. The van der Waals surface area contributed by atoms with Gasteiger partial charge in [-0.05, 0) is 53.7 Å². The maximum absolute atomic E-state index is 12.7. The lowest BCUT2D eigenvalue weighted by Gasteiger charge is -2.28. The van der Waals surface area contributed by atoms with Gasteiger partial charge in [0.2, 0.25) is 0 Å². The van der Waals surface area contributed by atoms with Crippen molar-refractivity contribution in [1.29, 1.82) is 0 Å². The van der Waals surface area contributed by atoms with Gasteiger partial charge in [0.05, 0.1) is 17.2 Å². The van der Waals surface area contributed by atoms with Crippen molar-refractivity contribution in [2.45, 2.75) is 37.8 Å². The standard InChI is InChI=1S/C17H18BrClN2O2/c1-23-11-7-5-10(6-8-11)20-17(22)13-9-15(19)21-16-12(13)3-2-4-14(16)18/h2-4,9-11H,5-8H2,1H3,(H,20,22). The van der Waals surface area contributed by atoms with Crippen molar-refractivity contribution >= 4 is 44.3 Å². The summed E-state index contributed by atoms with van der Waals surface area (Å²) in [6.07, 6.45) is 4.14. The van der Waals surface area contributed by atoms with Crippen LogP contribution in [0.5, 0.6) is 0 Å². The molecule has 4 nitrogen and oxygen atoms in total. The van der Waals surface area contributed by atoms with Gasteiger partial charge in [-0.25, -0.2) is 4.98 Å². The molecule has 0 bridgehead atoms. The lowest BCUT2D eigenvalue weighted by atomic mass is 9.92. The van der Waals surface area contributed by atoms with E-state index in [1.54, 1.807) is 13.2 Å². The zero-order chi connectivity index (χ0) is 16.4. The summed E-state index contributed by atoms with van der Waals surface area (Å²) in [5, 5.41) is 4.24. The molecule has 1 aromatic carbocycles. The molecule has 0 atom stereocenters. The van der Waals surface area contributed by atoms with Crippen LogP contribution < -0.4 is 5.32 Å². The second kappa shape index (κ2) is 7.16. The molecule has 1 heterocycles. The zero-order valence-corrected chi connectivity index (χ0v) is 15.2. The summed E-state index contributed by atoms with van der Waals surface area (Å²) in [5.41, 5.74) is 1.27. The van der Waals surface area contributed by atoms with Crippen molar-refractivity contribution in [1.82, 2.24) is 10.3 Å². The summed E-state index contributed by atoms with van der Waals surface area (Å²) in [4.78, 5) is 17.0. The van der Waals surface area contributed by atoms with Crippen LogP contribution in [0.25, 0.3) is 10.9 Å².